The van der Waals surface area contributed by atoms with Crippen LogP contribution in [0.3, 0.4) is 0 Å². The van der Waals surface area contributed by atoms with Gasteiger partial charge in [0, 0.05) is 25.3 Å². The highest BCUT2D eigenvalue weighted by molar-refractivity contribution is 5.92. The first kappa shape index (κ1) is 8.97. The number of hydrogen-bond acceptors (Lipinski definition) is 2. The summed E-state index contributed by atoms with van der Waals surface area (Å²) in [5.74, 6) is 0.806. The number of aromatic nitrogens is 1. The number of amides is 1. The molecular formula is C11H15N3O. The number of nitrogens with one attached hydrogen (secondary N) is 2. The summed E-state index contributed by atoms with van der Waals surface area (Å²) in [6.07, 6.45) is 3.00. The summed E-state index contributed by atoms with van der Waals surface area (Å²) in [6, 6.07) is 4.23. The molecule has 2 aliphatic rings. The van der Waals surface area contributed by atoms with Crippen LogP contribution in [0.1, 0.15) is 16.9 Å². The van der Waals surface area contributed by atoms with Gasteiger partial charge in [-0.25, -0.2) is 0 Å². The second-order valence-corrected chi connectivity index (χ2v) is 4.40. The molecule has 2 fully saturated rings. The van der Waals surface area contributed by atoms with Crippen LogP contribution in [0, 0.1) is 5.92 Å². The van der Waals surface area contributed by atoms with Crippen molar-refractivity contribution in [3.05, 3.63) is 24.0 Å². The highest BCUT2D eigenvalue weighted by atomic mass is 16.2. The second-order valence-electron chi connectivity index (χ2n) is 4.40. The zero-order valence-corrected chi connectivity index (χ0v) is 8.57. The molecule has 0 radical (unpaired) electrons. The number of carbonyl (C=O) groups is 1. The van der Waals surface area contributed by atoms with E-state index in [4.69, 9.17) is 0 Å². The van der Waals surface area contributed by atoms with Gasteiger partial charge in [-0.05, 0) is 31.0 Å². The molecule has 0 aromatic carbocycles. The Bertz CT molecular complexity index is 348. The van der Waals surface area contributed by atoms with E-state index in [-0.39, 0.29) is 5.91 Å². The molecule has 2 aliphatic heterocycles. The molecule has 80 valence electrons. The van der Waals surface area contributed by atoms with Crippen molar-refractivity contribution in [3.63, 3.8) is 0 Å². The first-order valence-corrected chi connectivity index (χ1v) is 5.50. The topological polar surface area (TPSA) is 48.1 Å². The molecule has 1 aromatic rings. The van der Waals surface area contributed by atoms with E-state index in [9.17, 15) is 4.79 Å². The van der Waals surface area contributed by atoms with Gasteiger partial charge in [0.1, 0.15) is 5.69 Å². The minimum absolute atomic E-state index is 0.135. The van der Waals surface area contributed by atoms with Gasteiger partial charge in [-0.15, -0.1) is 0 Å². The lowest BCUT2D eigenvalue weighted by atomic mass is 10.1. The Labute approximate surface area is 88.7 Å². The summed E-state index contributed by atoms with van der Waals surface area (Å²) in [6.45, 7) is 2.89. The zero-order chi connectivity index (χ0) is 10.3. The molecule has 15 heavy (non-hydrogen) atoms. The van der Waals surface area contributed by atoms with Crippen LogP contribution >= 0.6 is 0 Å². The predicted molar refractivity (Wildman–Crippen MR) is 56.6 cm³/mol. The van der Waals surface area contributed by atoms with Crippen molar-refractivity contribution in [3.8, 4) is 0 Å². The number of nitrogens with zero attached hydrogens (tertiary/aromatic N) is 1. The summed E-state index contributed by atoms with van der Waals surface area (Å²) in [7, 11) is 0. The normalized spacial score (nSPS) is 29.5. The van der Waals surface area contributed by atoms with Gasteiger partial charge < -0.3 is 15.2 Å². The van der Waals surface area contributed by atoms with E-state index in [0.717, 1.165) is 19.6 Å². The molecule has 4 heteroatoms. The van der Waals surface area contributed by atoms with Gasteiger partial charge >= 0.3 is 0 Å². The fourth-order valence-electron chi connectivity index (χ4n) is 2.65. The van der Waals surface area contributed by atoms with Crippen molar-refractivity contribution in [1.82, 2.24) is 15.2 Å². The summed E-state index contributed by atoms with van der Waals surface area (Å²) >= 11 is 0. The number of rotatable bonds is 1. The maximum absolute atomic E-state index is 12.0. The van der Waals surface area contributed by atoms with E-state index in [1.54, 1.807) is 6.20 Å². The number of likely N-dealkylation sites (tertiary alicyclic amines) is 1. The van der Waals surface area contributed by atoms with Crippen LogP contribution < -0.4 is 5.32 Å². The third-order valence-corrected chi connectivity index (χ3v) is 3.48. The van der Waals surface area contributed by atoms with Crippen LogP contribution in [0.4, 0.5) is 0 Å². The Kier molecular flexibility index (Phi) is 2.02. The molecule has 3 rings (SSSR count). The highest BCUT2D eigenvalue weighted by Crippen LogP contribution is 2.25. The number of H-pyrrole nitrogens is 1. The standard InChI is InChI=1S/C11H15N3O/c15-11(9-2-1-4-12-9)14-6-8-3-5-13-10(8)7-14/h1-2,4,8,10,12-13H,3,5-7H2/t8-,10+/m0/s1. The second kappa shape index (κ2) is 3.38. The smallest absolute Gasteiger partial charge is 0.270 e. The SMILES string of the molecule is O=C(c1ccc[nH]1)N1C[C@@H]2CCN[C@@H]2C1. The third-order valence-electron chi connectivity index (χ3n) is 3.48. The van der Waals surface area contributed by atoms with Gasteiger partial charge in [-0.3, -0.25) is 4.79 Å². The largest absolute Gasteiger partial charge is 0.357 e. The average Bonchev–Trinajstić information content (AvgIpc) is 2.92. The Morgan fingerprint density at radius 3 is 3.13 bits per heavy atom. The monoisotopic (exact) mass is 205 g/mol. The van der Waals surface area contributed by atoms with Gasteiger partial charge in [-0.2, -0.15) is 0 Å². The molecule has 0 unspecified atom stereocenters. The molecule has 2 atom stereocenters. The van der Waals surface area contributed by atoms with Crippen molar-refractivity contribution in [2.75, 3.05) is 19.6 Å². The first-order chi connectivity index (χ1) is 7.34. The lowest BCUT2D eigenvalue weighted by Crippen LogP contribution is -2.34. The molecule has 0 saturated carbocycles. The van der Waals surface area contributed by atoms with Gasteiger partial charge in [0.15, 0.2) is 0 Å². The molecule has 0 bridgehead atoms. The number of carbonyl (C=O) groups excluding carboxylic acids is 1. The van der Waals surface area contributed by atoms with E-state index in [1.165, 1.54) is 6.42 Å². The van der Waals surface area contributed by atoms with Crippen molar-refractivity contribution >= 4 is 5.91 Å². The number of hydrogen-bond donors (Lipinski definition) is 2. The van der Waals surface area contributed by atoms with E-state index in [0.29, 0.717) is 17.7 Å². The summed E-state index contributed by atoms with van der Waals surface area (Å²) < 4.78 is 0. The number of aromatic amines is 1. The lowest BCUT2D eigenvalue weighted by molar-refractivity contribution is 0.0777. The van der Waals surface area contributed by atoms with E-state index < -0.39 is 0 Å². The van der Waals surface area contributed by atoms with Crippen molar-refractivity contribution in [2.45, 2.75) is 12.5 Å². The molecular weight excluding hydrogens is 190 g/mol. The van der Waals surface area contributed by atoms with Crippen LogP contribution in [0.15, 0.2) is 18.3 Å². The summed E-state index contributed by atoms with van der Waals surface area (Å²) in [5, 5.41) is 3.44. The third kappa shape index (κ3) is 1.45. The molecule has 2 saturated heterocycles. The molecule has 1 amide bonds. The predicted octanol–water partition coefficient (Wildman–Crippen LogP) is 0.449. The maximum Gasteiger partial charge on any atom is 0.270 e. The quantitative estimate of drug-likeness (QED) is 0.699. The van der Waals surface area contributed by atoms with Gasteiger partial charge in [-0.1, -0.05) is 0 Å². The average molecular weight is 205 g/mol. The Hall–Kier alpha value is -1.29. The fraction of sp³-hybridized carbons (Fsp3) is 0.545. The zero-order valence-electron chi connectivity index (χ0n) is 8.57. The van der Waals surface area contributed by atoms with Crippen LogP contribution in [0.25, 0.3) is 0 Å². The van der Waals surface area contributed by atoms with Crippen LogP contribution in [-0.4, -0.2) is 41.5 Å². The molecule has 0 spiro atoms. The minimum Gasteiger partial charge on any atom is -0.357 e. The Morgan fingerprint density at radius 1 is 1.47 bits per heavy atom. The lowest BCUT2D eigenvalue weighted by Gasteiger charge is -2.16. The summed E-state index contributed by atoms with van der Waals surface area (Å²) in [5.41, 5.74) is 0.704. The fourth-order valence-corrected chi connectivity index (χ4v) is 2.65. The Balaban J connectivity index is 1.72. The molecule has 3 heterocycles. The Morgan fingerprint density at radius 2 is 2.40 bits per heavy atom. The van der Waals surface area contributed by atoms with Crippen LogP contribution in [0.5, 0.6) is 0 Å². The first-order valence-electron chi connectivity index (χ1n) is 5.50. The van der Waals surface area contributed by atoms with Crippen molar-refractivity contribution in [1.29, 1.82) is 0 Å². The molecule has 2 N–H and O–H groups in total. The molecule has 0 aliphatic carbocycles. The van der Waals surface area contributed by atoms with Gasteiger partial charge in [0.2, 0.25) is 0 Å². The van der Waals surface area contributed by atoms with Crippen LogP contribution in [-0.2, 0) is 0 Å². The van der Waals surface area contributed by atoms with E-state index in [2.05, 4.69) is 10.3 Å². The van der Waals surface area contributed by atoms with Crippen molar-refractivity contribution < 1.29 is 4.79 Å². The molecule has 1 aromatic heterocycles. The van der Waals surface area contributed by atoms with Gasteiger partial charge in [0.25, 0.3) is 5.91 Å². The van der Waals surface area contributed by atoms with E-state index >= 15 is 0 Å². The summed E-state index contributed by atoms with van der Waals surface area (Å²) in [4.78, 5) is 16.9. The van der Waals surface area contributed by atoms with Gasteiger partial charge in [0.05, 0.1) is 0 Å². The highest BCUT2D eigenvalue weighted by Gasteiger charge is 2.38. The van der Waals surface area contributed by atoms with Crippen LogP contribution in [0.2, 0.25) is 0 Å². The maximum atomic E-state index is 12.0. The van der Waals surface area contributed by atoms with Crippen molar-refractivity contribution in [2.24, 2.45) is 5.92 Å². The number of fused-ring (bicyclic) bond motifs is 1. The minimum atomic E-state index is 0.135. The molecule has 4 nitrogen and oxygen atoms in total. The van der Waals surface area contributed by atoms with E-state index in [1.807, 2.05) is 17.0 Å².